The first-order valence-electron chi connectivity index (χ1n) is 9.05. The summed E-state index contributed by atoms with van der Waals surface area (Å²) in [5.41, 5.74) is 2.25. The molecule has 9 heteroatoms. The summed E-state index contributed by atoms with van der Waals surface area (Å²) in [5.74, 6) is 0.0881. The Kier molecular flexibility index (Phi) is 3.85. The molecule has 0 atom stereocenters. The lowest BCUT2D eigenvalue weighted by molar-refractivity contribution is 0.0690. The summed E-state index contributed by atoms with van der Waals surface area (Å²) in [6.45, 7) is 1.06. The van der Waals surface area contributed by atoms with Gasteiger partial charge in [0, 0.05) is 25.2 Å². The van der Waals surface area contributed by atoms with Crippen LogP contribution in [0.25, 0.3) is 22.5 Å². The fraction of sp³-hybridized carbons (Fsp3) is 0.263. The number of aromatic amines is 1. The second-order valence-electron chi connectivity index (χ2n) is 6.76. The van der Waals surface area contributed by atoms with E-state index in [9.17, 15) is 9.59 Å². The maximum absolute atomic E-state index is 12.9. The van der Waals surface area contributed by atoms with Crippen molar-refractivity contribution >= 4 is 16.9 Å². The van der Waals surface area contributed by atoms with E-state index in [1.54, 1.807) is 15.5 Å². The molecule has 1 amide bonds. The molecule has 142 valence electrons. The van der Waals surface area contributed by atoms with Gasteiger partial charge < -0.3 is 18.8 Å². The number of likely N-dealkylation sites (tertiary alicyclic amines) is 1. The number of para-hydroxylation sites is 2. The second kappa shape index (κ2) is 6.52. The predicted octanol–water partition coefficient (Wildman–Crippen LogP) is 2.45. The number of oxazole rings is 1. The summed E-state index contributed by atoms with van der Waals surface area (Å²) in [6.07, 6.45) is 4.02. The van der Waals surface area contributed by atoms with Crippen molar-refractivity contribution < 1.29 is 13.7 Å². The third kappa shape index (κ3) is 2.63. The molecular weight excluding hydrogens is 362 g/mol. The van der Waals surface area contributed by atoms with Crippen molar-refractivity contribution in [2.75, 3.05) is 13.1 Å². The first-order chi connectivity index (χ1) is 13.7. The molecule has 0 bridgehead atoms. The van der Waals surface area contributed by atoms with Crippen molar-refractivity contribution in [3.05, 3.63) is 59.2 Å². The van der Waals surface area contributed by atoms with Gasteiger partial charge in [0.25, 0.3) is 5.91 Å². The van der Waals surface area contributed by atoms with Crippen molar-refractivity contribution in [2.24, 2.45) is 0 Å². The number of H-pyrrole nitrogens is 1. The minimum absolute atomic E-state index is 0.0417. The van der Waals surface area contributed by atoms with Gasteiger partial charge >= 0.3 is 5.69 Å². The van der Waals surface area contributed by atoms with Crippen molar-refractivity contribution in [1.29, 1.82) is 0 Å². The third-order valence-electron chi connectivity index (χ3n) is 5.18. The lowest BCUT2D eigenvalue weighted by Crippen LogP contribution is -2.40. The highest BCUT2D eigenvalue weighted by Crippen LogP contribution is 2.27. The van der Waals surface area contributed by atoms with Gasteiger partial charge in [0.15, 0.2) is 23.5 Å². The van der Waals surface area contributed by atoms with Crippen LogP contribution in [0.1, 0.15) is 29.4 Å². The lowest BCUT2D eigenvalue weighted by Gasteiger charge is -2.32. The largest absolute Gasteiger partial charge is 0.441 e. The van der Waals surface area contributed by atoms with Crippen molar-refractivity contribution in [3.8, 4) is 11.5 Å². The lowest BCUT2D eigenvalue weighted by atomic mass is 10.0. The molecule has 1 fully saturated rings. The molecule has 0 aliphatic carbocycles. The number of imidazole rings is 1. The summed E-state index contributed by atoms with van der Waals surface area (Å²) in [5, 5.41) is 3.81. The van der Waals surface area contributed by atoms with E-state index in [2.05, 4.69) is 15.1 Å². The second-order valence-corrected chi connectivity index (χ2v) is 6.76. The Balaban J connectivity index is 1.35. The van der Waals surface area contributed by atoms with Gasteiger partial charge in [0.05, 0.1) is 11.0 Å². The average molecular weight is 379 g/mol. The molecule has 5 rings (SSSR count). The fourth-order valence-electron chi connectivity index (χ4n) is 3.82. The van der Waals surface area contributed by atoms with Crippen LogP contribution in [0.3, 0.4) is 0 Å². The molecule has 1 saturated heterocycles. The highest BCUT2D eigenvalue weighted by atomic mass is 16.5. The molecule has 1 aliphatic rings. The van der Waals surface area contributed by atoms with Gasteiger partial charge in [-0.05, 0) is 25.0 Å². The fourth-order valence-corrected chi connectivity index (χ4v) is 3.82. The molecular formula is C19H17N5O4. The Morgan fingerprint density at radius 3 is 2.79 bits per heavy atom. The zero-order valence-corrected chi connectivity index (χ0v) is 14.9. The van der Waals surface area contributed by atoms with Gasteiger partial charge in [0.1, 0.15) is 6.26 Å². The Morgan fingerprint density at radius 1 is 1.18 bits per heavy atom. The Labute approximate surface area is 158 Å². The number of fused-ring (bicyclic) bond motifs is 1. The van der Waals surface area contributed by atoms with E-state index in [4.69, 9.17) is 8.94 Å². The number of rotatable bonds is 3. The average Bonchev–Trinajstić information content (AvgIpc) is 3.46. The van der Waals surface area contributed by atoms with Crippen LogP contribution in [0.15, 0.2) is 56.7 Å². The summed E-state index contributed by atoms with van der Waals surface area (Å²) in [7, 11) is 0. The highest BCUT2D eigenvalue weighted by Gasteiger charge is 2.30. The molecule has 0 unspecified atom stereocenters. The standard InChI is InChI=1S/C19H17N5O4/c25-18(16-17(27-11-20-16)14-7-10-28-22-14)23-8-5-12(6-9-23)24-15-4-2-1-3-13(15)21-19(24)26/h1-4,7,10-12H,5-6,8-9H2,(H,21,26). The number of hydrogen-bond acceptors (Lipinski definition) is 6. The van der Waals surface area contributed by atoms with E-state index >= 15 is 0 Å². The van der Waals surface area contributed by atoms with Crippen LogP contribution in [-0.2, 0) is 0 Å². The van der Waals surface area contributed by atoms with Gasteiger partial charge in [-0.15, -0.1) is 0 Å². The predicted molar refractivity (Wildman–Crippen MR) is 98.7 cm³/mol. The van der Waals surface area contributed by atoms with Gasteiger partial charge in [0.2, 0.25) is 0 Å². The quantitative estimate of drug-likeness (QED) is 0.585. The van der Waals surface area contributed by atoms with Crippen LogP contribution in [0.4, 0.5) is 0 Å². The van der Waals surface area contributed by atoms with Crippen LogP contribution < -0.4 is 5.69 Å². The molecule has 9 nitrogen and oxygen atoms in total. The first kappa shape index (κ1) is 16.5. The summed E-state index contributed by atoms with van der Waals surface area (Å²) >= 11 is 0. The number of carbonyl (C=O) groups excluding carboxylic acids is 1. The molecule has 0 radical (unpaired) electrons. The summed E-state index contributed by atoms with van der Waals surface area (Å²) in [4.78, 5) is 34.0. The van der Waals surface area contributed by atoms with Crippen molar-refractivity contribution in [3.63, 3.8) is 0 Å². The van der Waals surface area contributed by atoms with Gasteiger partial charge in [-0.2, -0.15) is 0 Å². The number of hydrogen-bond donors (Lipinski definition) is 1. The number of amides is 1. The number of piperidine rings is 1. The number of nitrogens with zero attached hydrogens (tertiary/aromatic N) is 4. The van der Waals surface area contributed by atoms with Crippen LogP contribution in [0.2, 0.25) is 0 Å². The third-order valence-corrected chi connectivity index (χ3v) is 5.18. The Bertz CT molecular complexity index is 1180. The number of aromatic nitrogens is 4. The molecule has 1 aliphatic heterocycles. The Morgan fingerprint density at radius 2 is 2.00 bits per heavy atom. The molecule has 28 heavy (non-hydrogen) atoms. The number of nitrogens with one attached hydrogen (secondary N) is 1. The molecule has 4 aromatic rings. The zero-order chi connectivity index (χ0) is 19.1. The minimum atomic E-state index is -0.212. The smallest absolute Gasteiger partial charge is 0.326 e. The van der Waals surface area contributed by atoms with Crippen LogP contribution in [-0.4, -0.2) is 43.6 Å². The monoisotopic (exact) mass is 379 g/mol. The van der Waals surface area contributed by atoms with E-state index in [1.165, 1.54) is 12.7 Å². The Hall–Kier alpha value is -3.62. The SMILES string of the molecule is O=C(c1ncoc1-c1ccon1)N1CCC(n2c(=O)[nH]c3ccccc32)CC1. The van der Waals surface area contributed by atoms with E-state index in [1.807, 2.05) is 24.3 Å². The van der Waals surface area contributed by atoms with Crippen LogP contribution in [0, 0.1) is 0 Å². The maximum atomic E-state index is 12.9. The molecule has 3 aromatic heterocycles. The van der Waals surface area contributed by atoms with Gasteiger partial charge in [-0.25, -0.2) is 9.78 Å². The number of carbonyl (C=O) groups is 1. The molecule has 4 heterocycles. The van der Waals surface area contributed by atoms with E-state index in [-0.39, 0.29) is 23.3 Å². The number of benzene rings is 1. The van der Waals surface area contributed by atoms with E-state index in [0.717, 1.165) is 11.0 Å². The molecule has 1 N–H and O–H groups in total. The van der Waals surface area contributed by atoms with Crippen molar-refractivity contribution in [1.82, 2.24) is 24.6 Å². The van der Waals surface area contributed by atoms with E-state index in [0.29, 0.717) is 37.4 Å². The molecule has 0 spiro atoms. The van der Waals surface area contributed by atoms with Crippen LogP contribution in [0.5, 0.6) is 0 Å². The zero-order valence-electron chi connectivity index (χ0n) is 14.9. The molecule has 1 aromatic carbocycles. The normalized spacial score (nSPS) is 15.4. The van der Waals surface area contributed by atoms with Gasteiger partial charge in [-0.3, -0.25) is 9.36 Å². The molecule has 0 saturated carbocycles. The minimum Gasteiger partial charge on any atom is -0.441 e. The highest BCUT2D eigenvalue weighted by molar-refractivity contribution is 5.97. The summed E-state index contributed by atoms with van der Waals surface area (Å²) in [6, 6.07) is 9.30. The maximum Gasteiger partial charge on any atom is 0.326 e. The topological polar surface area (TPSA) is 110 Å². The van der Waals surface area contributed by atoms with Gasteiger partial charge in [-0.1, -0.05) is 17.3 Å². The van der Waals surface area contributed by atoms with Crippen molar-refractivity contribution in [2.45, 2.75) is 18.9 Å². The summed E-state index contributed by atoms with van der Waals surface area (Å²) < 4.78 is 12.0. The van der Waals surface area contributed by atoms with Crippen LogP contribution >= 0.6 is 0 Å². The van der Waals surface area contributed by atoms with E-state index < -0.39 is 0 Å². The first-order valence-corrected chi connectivity index (χ1v) is 9.05.